The third-order valence-corrected chi connectivity index (χ3v) is 5.26. The van der Waals surface area contributed by atoms with Gasteiger partial charge in [0.2, 0.25) is 5.91 Å². The topological polar surface area (TPSA) is 105 Å². The van der Waals surface area contributed by atoms with E-state index in [1.807, 2.05) is 43.3 Å². The lowest BCUT2D eigenvalue weighted by Gasteiger charge is -2.08. The number of amides is 2. The van der Waals surface area contributed by atoms with Gasteiger partial charge in [-0.2, -0.15) is 5.26 Å². The van der Waals surface area contributed by atoms with E-state index >= 15 is 0 Å². The van der Waals surface area contributed by atoms with Crippen molar-refractivity contribution in [2.75, 3.05) is 11.9 Å². The molecule has 6 nitrogen and oxygen atoms in total. The van der Waals surface area contributed by atoms with Gasteiger partial charge in [0.25, 0.3) is 5.91 Å². The number of hydrogen-bond donors (Lipinski definition) is 2. The highest BCUT2D eigenvalue weighted by atomic mass is 32.1. The van der Waals surface area contributed by atoms with Crippen LogP contribution in [0.5, 0.6) is 5.75 Å². The molecule has 146 valence electrons. The van der Waals surface area contributed by atoms with E-state index in [2.05, 4.69) is 5.32 Å². The normalized spacial score (nSPS) is 10.2. The van der Waals surface area contributed by atoms with Crippen LogP contribution < -0.4 is 15.8 Å². The summed E-state index contributed by atoms with van der Waals surface area (Å²) in [5, 5.41) is 11.8. The minimum Gasteiger partial charge on any atom is -0.479 e. The van der Waals surface area contributed by atoms with Gasteiger partial charge in [0, 0.05) is 10.4 Å². The number of ether oxygens (including phenoxy) is 1. The molecule has 0 saturated carbocycles. The summed E-state index contributed by atoms with van der Waals surface area (Å²) in [6.45, 7) is 1.87. The van der Waals surface area contributed by atoms with E-state index in [0.717, 1.165) is 21.6 Å². The molecule has 3 N–H and O–H groups in total. The number of carbonyl (C=O) groups is 2. The summed E-state index contributed by atoms with van der Waals surface area (Å²) in [6.07, 6.45) is 0.133. The Hall–Kier alpha value is -3.63. The largest absolute Gasteiger partial charge is 0.479 e. The van der Waals surface area contributed by atoms with Crippen molar-refractivity contribution in [3.63, 3.8) is 0 Å². The van der Waals surface area contributed by atoms with Crippen molar-refractivity contribution in [3.8, 4) is 22.9 Å². The summed E-state index contributed by atoms with van der Waals surface area (Å²) in [6, 6.07) is 18.3. The summed E-state index contributed by atoms with van der Waals surface area (Å²) < 4.78 is 5.20. The third-order valence-electron chi connectivity index (χ3n) is 4.24. The number of anilines is 1. The molecule has 3 aromatic rings. The Morgan fingerprint density at radius 3 is 2.45 bits per heavy atom. The molecule has 0 fully saturated rings. The zero-order valence-electron chi connectivity index (χ0n) is 15.8. The molecule has 2 aromatic carbocycles. The van der Waals surface area contributed by atoms with Gasteiger partial charge in [0.15, 0.2) is 6.61 Å². The first kappa shape index (κ1) is 20.1. The fourth-order valence-electron chi connectivity index (χ4n) is 3.00. The molecule has 0 spiro atoms. The fourth-order valence-corrected chi connectivity index (χ4v) is 4.09. The van der Waals surface area contributed by atoms with Crippen molar-refractivity contribution < 1.29 is 14.3 Å². The van der Waals surface area contributed by atoms with E-state index in [1.54, 1.807) is 24.3 Å². The Morgan fingerprint density at radius 1 is 1.14 bits per heavy atom. The SMILES string of the molecule is Cc1sc(NC(=O)Cc2ccc(OCC#N)cc2)c(C(N)=O)c1-c1ccccc1. The lowest BCUT2D eigenvalue weighted by Crippen LogP contribution is -2.18. The number of benzene rings is 2. The molecule has 1 heterocycles. The van der Waals surface area contributed by atoms with Gasteiger partial charge in [-0.3, -0.25) is 9.59 Å². The van der Waals surface area contributed by atoms with Gasteiger partial charge in [0.05, 0.1) is 12.0 Å². The summed E-state index contributed by atoms with van der Waals surface area (Å²) >= 11 is 1.33. The van der Waals surface area contributed by atoms with Crippen molar-refractivity contribution in [3.05, 3.63) is 70.6 Å². The molecule has 0 aliphatic rings. The van der Waals surface area contributed by atoms with Gasteiger partial charge < -0.3 is 15.8 Å². The van der Waals surface area contributed by atoms with E-state index in [1.165, 1.54) is 11.3 Å². The van der Waals surface area contributed by atoms with Crippen molar-refractivity contribution in [2.24, 2.45) is 5.73 Å². The monoisotopic (exact) mass is 405 g/mol. The standard InChI is InChI=1S/C22H19N3O3S/c1-14-19(16-5-3-2-4-6-16)20(21(24)27)22(29-14)25-18(26)13-15-7-9-17(10-8-15)28-12-11-23/h2-10H,12-13H2,1H3,(H2,24,27)(H,25,26). The number of aryl methyl sites for hydroxylation is 1. The number of nitriles is 1. The molecule has 2 amide bonds. The molecular formula is C22H19N3O3S. The first-order valence-corrected chi connectivity index (χ1v) is 9.68. The minimum atomic E-state index is -0.581. The average Bonchev–Trinajstić information content (AvgIpc) is 3.03. The van der Waals surface area contributed by atoms with E-state index < -0.39 is 5.91 Å². The summed E-state index contributed by atoms with van der Waals surface area (Å²) in [4.78, 5) is 25.6. The average molecular weight is 405 g/mol. The predicted octanol–water partition coefficient (Wildman–Crippen LogP) is 3.91. The lowest BCUT2D eigenvalue weighted by molar-refractivity contribution is -0.115. The molecule has 0 radical (unpaired) electrons. The predicted molar refractivity (Wildman–Crippen MR) is 113 cm³/mol. The number of nitrogens with two attached hydrogens (primary N) is 1. The molecule has 7 heteroatoms. The van der Waals surface area contributed by atoms with Crippen molar-refractivity contribution >= 4 is 28.2 Å². The molecule has 0 aliphatic heterocycles. The zero-order valence-corrected chi connectivity index (χ0v) is 16.6. The molecule has 1 aromatic heterocycles. The van der Waals surface area contributed by atoms with Crippen molar-refractivity contribution in [1.82, 2.24) is 0 Å². The Bertz CT molecular complexity index is 1070. The van der Waals surface area contributed by atoms with Crippen molar-refractivity contribution in [1.29, 1.82) is 5.26 Å². The highest BCUT2D eigenvalue weighted by molar-refractivity contribution is 7.17. The van der Waals surface area contributed by atoms with Gasteiger partial charge in [-0.1, -0.05) is 42.5 Å². The van der Waals surface area contributed by atoms with Crippen LogP contribution in [0.1, 0.15) is 20.8 Å². The number of rotatable bonds is 7. The Kier molecular flexibility index (Phi) is 6.27. The second-order valence-electron chi connectivity index (χ2n) is 6.28. The molecule has 0 aliphatic carbocycles. The lowest BCUT2D eigenvalue weighted by atomic mass is 10.0. The maximum Gasteiger partial charge on any atom is 0.252 e. The van der Waals surface area contributed by atoms with Gasteiger partial charge in [-0.05, 0) is 30.2 Å². The van der Waals surface area contributed by atoms with E-state index in [-0.39, 0.29) is 18.9 Å². The second kappa shape index (κ2) is 9.04. The second-order valence-corrected chi connectivity index (χ2v) is 7.51. The van der Waals surface area contributed by atoms with Gasteiger partial charge >= 0.3 is 0 Å². The van der Waals surface area contributed by atoms with Crippen LogP contribution >= 0.6 is 11.3 Å². The van der Waals surface area contributed by atoms with E-state index in [0.29, 0.717) is 16.3 Å². The molecule has 29 heavy (non-hydrogen) atoms. The summed E-state index contributed by atoms with van der Waals surface area (Å²) in [5.41, 5.74) is 8.36. The van der Waals surface area contributed by atoms with Crippen LogP contribution in [0.4, 0.5) is 5.00 Å². The van der Waals surface area contributed by atoms with Crippen LogP contribution in [0, 0.1) is 18.3 Å². The maximum atomic E-state index is 12.5. The van der Waals surface area contributed by atoms with Crippen LogP contribution in [0.3, 0.4) is 0 Å². The number of primary amides is 1. The third kappa shape index (κ3) is 4.81. The Labute approximate surface area is 172 Å². The number of thiophene rings is 1. The van der Waals surface area contributed by atoms with E-state index in [4.69, 9.17) is 15.7 Å². The van der Waals surface area contributed by atoms with Crippen molar-refractivity contribution in [2.45, 2.75) is 13.3 Å². The smallest absolute Gasteiger partial charge is 0.252 e. The van der Waals surface area contributed by atoms with Gasteiger partial charge in [-0.15, -0.1) is 11.3 Å². The van der Waals surface area contributed by atoms with Gasteiger partial charge in [0.1, 0.15) is 16.8 Å². The highest BCUT2D eigenvalue weighted by Crippen LogP contribution is 2.39. The Morgan fingerprint density at radius 2 is 1.83 bits per heavy atom. The number of carbonyl (C=O) groups excluding carboxylic acids is 2. The first-order chi connectivity index (χ1) is 14.0. The highest BCUT2D eigenvalue weighted by Gasteiger charge is 2.22. The van der Waals surface area contributed by atoms with Crippen LogP contribution in [0.25, 0.3) is 11.1 Å². The van der Waals surface area contributed by atoms with Crippen LogP contribution in [0.2, 0.25) is 0 Å². The molecule has 0 atom stereocenters. The minimum absolute atomic E-state index is 0.0306. The quantitative estimate of drug-likeness (QED) is 0.622. The maximum absolute atomic E-state index is 12.5. The number of hydrogen-bond acceptors (Lipinski definition) is 5. The number of nitrogens with one attached hydrogen (secondary N) is 1. The molecule has 0 bridgehead atoms. The van der Waals surface area contributed by atoms with E-state index in [9.17, 15) is 9.59 Å². The Balaban J connectivity index is 1.79. The summed E-state index contributed by atoms with van der Waals surface area (Å²) in [5.74, 6) is -0.269. The molecule has 3 rings (SSSR count). The summed E-state index contributed by atoms with van der Waals surface area (Å²) in [7, 11) is 0. The molecule has 0 unspecified atom stereocenters. The fraction of sp³-hybridized carbons (Fsp3) is 0.136. The zero-order chi connectivity index (χ0) is 20.8. The molecular weight excluding hydrogens is 386 g/mol. The molecule has 0 saturated heterocycles. The first-order valence-electron chi connectivity index (χ1n) is 8.86. The van der Waals surface area contributed by atoms with Gasteiger partial charge in [-0.25, -0.2) is 0 Å². The van der Waals surface area contributed by atoms with Crippen LogP contribution in [0.15, 0.2) is 54.6 Å². The van der Waals surface area contributed by atoms with Crippen LogP contribution in [-0.4, -0.2) is 18.4 Å². The number of nitrogens with zero attached hydrogens (tertiary/aromatic N) is 1. The van der Waals surface area contributed by atoms with Crippen LogP contribution in [-0.2, 0) is 11.2 Å².